The van der Waals surface area contributed by atoms with Gasteiger partial charge in [-0.05, 0) is 42.3 Å². The SMILES string of the molecule is O=C(O)CC(NC(=O)C1CC(=O)N(c2cc(NC3=NCCCN3)ccc2F)C1)c1ccc2c(c1)OCO2. The van der Waals surface area contributed by atoms with Crippen molar-refractivity contribution in [3.63, 3.8) is 0 Å². The number of aliphatic imine (C=N–C) groups is 1. The third kappa shape index (κ3) is 5.42. The first-order valence-corrected chi connectivity index (χ1v) is 11.9. The van der Waals surface area contributed by atoms with Crippen LogP contribution in [-0.4, -0.2) is 55.3 Å². The molecule has 3 aliphatic rings. The summed E-state index contributed by atoms with van der Waals surface area (Å²) in [7, 11) is 0. The highest BCUT2D eigenvalue weighted by Crippen LogP contribution is 2.35. The van der Waals surface area contributed by atoms with E-state index in [9.17, 15) is 23.9 Å². The summed E-state index contributed by atoms with van der Waals surface area (Å²) < 4.78 is 25.4. The molecule has 3 aliphatic heterocycles. The number of benzene rings is 2. The highest BCUT2D eigenvalue weighted by Gasteiger charge is 2.37. The van der Waals surface area contributed by atoms with Crippen LogP contribution in [0.15, 0.2) is 41.4 Å². The van der Waals surface area contributed by atoms with Crippen LogP contribution < -0.4 is 30.3 Å². The number of anilines is 2. The lowest BCUT2D eigenvalue weighted by atomic mass is 10.0. The van der Waals surface area contributed by atoms with E-state index in [0.29, 0.717) is 35.3 Å². The van der Waals surface area contributed by atoms with Gasteiger partial charge < -0.3 is 35.4 Å². The van der Waals surface area contributed by atoms with E-state index < -0.39 is 35.6 Å². The molecule has 2 aromatic rings. The minimum absolute atomic E-state index is 0.0365. The second kappa shape index (κ2) is 10.3. The second-order valence-corrected chi connectivity index (χ2v) is 8.98. The molecule has 0 spiro atoms. The summed E-state index contributed by atoms with van der Waals surface area (Å²) >= 11 is 0. The van der Waals surface area contributed by atoms with E-state index >= 15 is 0 Å². The van der Waals surface area contributed by atoms with E-state index in [1.165, 1.54) is 17.0 Å². The Morgan fingerprint density at radius 1 is 1.22 bits per heavy atom. The van der Waals surface area contributed by atoms with E-state index in [2.05, 4.69) is 20.9 Å². The van der Waals surface area contributed by atoms with E-state index in [1.54, 1.807) is 24.3 Å². The van der Waals surface area contributed by atoms with Crippen molar-refractivity contribution in [1.29, 1.82) is 0 Å². The lowest BCUT2D eigenvalue weighted by molar-refractivity contribution is -0.138. The molecule has 194 valence electrons. The first-order chi connectivity index (χ1) is 17.9. The summed E-state index contributed by atoms with van der Waals surface area (Å²) in [6, 6.07) is 8.39. The van der Waals surface area contributed by atoms with E-state index in [4.69, 9.17) is 9.47 Å². The first-order valence-electron chi connectivity index (χ1n) is 11.9. The zero-order valence-electron chi connectivity index (χ0n) is 19.8. The third-order valence-electron chi connectivity index (χ3n) is 6.39. The molecular weight excluding hydrogens is 485 g/mol. The summed E-state index contributed by atoms with van der Waals surface area (Å²) in [4.78, 5) is 43.0. The number of carboxylic acids is 1. The number of nitrogens with zero attached hydrogens (tertiary/aromatic N) is 2. The first kappa shape index (κ1) is 24.3. The van der Waals surface area contributed by atoms with Crippen molar-refractivity contribution in [3.8, 4) is 11.5 Å². The van der Waals surface area contributed by atoms with Crippen LogP contribution in [0.5, 0.6) is 11.5 Å². The monoisotopic (exact) mass is 511 g/mol. The number of rotatable bonds is 7. The second-order valence-electron chi connectivity index (χ2n) is 8.98. The van der Waals surface area contributed by atoms with Gasteiger partial charge in [0.2, 0.25) is 18.6 Å². The van der Waals surface area contributed by atoms with Gasteiger partial charge in [0.25, 0.3) is 0 Å². The molecule has 0 saturated carbocycles. The van der Waals surface area contributed by atoms with Gasteiger partial charge in [0, 0.05) is 31.7 Å². The molecule has 2 amide bonds. The lowest BCUT2D eigenvalue weighted by Gasteiger charge is -2.22. The molecule has 0 radical (unpaired) electrons. The number of carboxylic acid groups (broad SMARTS) is 1. The number of carbonyl (C=O) groups excluding carboxylic acids is 2. The van der Waals surface area contributed by atoms with Gasteiger partial charge in [-0.2, -0.15) is 0 Å². The molecule has 2 aromatic carbocycles. The maximum atomic E-state index is 14.7. The van der Waals surface area contributed by atoms with Crippen LogP contribution in [0.2, 0.25) is 0 Å². The van der Waals surface area contributed by atoms with E-state index in [-0.39, 0.29) is 31.9 Å². The number of ether oxygens (including phenoxy) is 2. The Labute approximate surface area is 211 Å². The standard InChI is InChI=1S/C25H26FN5O6/c26-17-4-3-16(29-25-27-6-1-7-28-25)10-19(17)31-12-15(9-22(31)32)24(35)30-18(11-23(33)34)14-2-5-20-21(8-14)37-13-36-20/h2-5,8,10,15,18H,1,6-7,9,11-13H2,(H,30,35)(H,33,34)(H2,27,28,29). The molecule has 4 N–H and O–H groups in total. The van der Waals surface area contributed by atoms with Crippen molar-refractivity contribution in [1.82, 2.24) is 10.6 Å². The molecule has 0 aromatic heterocycles. The Hall–Kier alpha value is -4.35. The number of nitrogens with one attached hydrogen (secondary N) is 3. The predicted molar refractivity (Wildman–Crippen MR) is 131 cm³/mol. The highest BCUT2D eigenvalue weighted by atomic mass is 19.1. The summed E-state index contributed by atoms with van der Waals surface area (Å²) in [5.41, 5.74) is 1.14. The highest BCUT2D eigenvalue weighted by molar-refractivity contribution is 6.01. The van der Waals surface area contributed by atoms with Gasteiger partial charge in [-0.3, -0.25) is 19.4 Å². The predicted octanol–water partition coefficient (Wildman–Crippen LogP) is 2.00. The Morgan fingerprint density at radius 3 is 2.84 bits per heavy atom. The molecule has 1 fully saturated rings. The van der Waals surface area contributed by atoms with Crippen LogP contribution in [-0.2, 0) is 14.4 Å². The molecule has 3 heterocycles. The Bertz CT molecular complexity index is 1270. The Morgan fingerprint density at radius 2 is 2.05 bits per heavy atom. The molecule has 2 atom stereocenters. The van der Waals surface area contributed by atoms with Crippen LogP contribution in [0.25, 0.3) is 0 Å². The quantitative estimate of drug-likeness (QED) is 0.442. The smallest absolute Gasteiger partial charge is 0.305 e. The molecule has 0 bridgehead atoms. The van der Waals surface area contributed by atoms with E-state index in [1.807, 2.05) is 0 Å². The van der Waals surface area contributed by atoms with E-state index in [0.717, 1.165) is 13.0 Å². The number of aliphatic carboxylic acids is 1. The minimum Gasteiger partial charge on any atom is -0.481 e. The molecular formula is C25H26FN5O6. The Kier molecular flexibility index (Phi) is 6.80. The van der Waals surface area contributed by atoms with Crippen molar-refractivity contribution >= 4 is 35.1 Å². The summed E-state index contributed by atoms with van der Waals surface area (Å²) in [5, 5.41) is 18.3. The summed E-state index contributed by atoms with van der Waals surface area (Å²) in [6.45, 7) is 1.48. The molecule has 12 heteroatoms. The molecule has 5 rings (SSSR count). The third-order valence-corrected chi connectivity index (χ3v) is 6.39. The van der Waals surface area contributed by atoms with Gasteiger partial charge in [-0.15, -0.1) is 0 Å². The van der Waals surface area contributed by atoms with Crippen molar-refractivity contribution in [2.24, 2.45) is 10.9 Å². The van der Waals surface area contributed by atoms with Crippen LogP contribution in [0.1, 0.15) is 30.9 Å². The van der Waals surface area contributed by atoms with Gasteiger partial charge in [-0.1, -0.05) is 6.07 Å². The molecule has 2 unspecified atom stereocenters. The number of halogens is 1. The van der Waals surface area contributed by atoms with Crippen LogP contribution in [0.4, 0.5) is 15.8 Å². The van der Waals surface area contributed by atoms with Crippen molar-refractivity contribution in [3.05, 3.63) is 47.8 Å². The average Bonchev–Trinajstić information content (AvgIpc) is 3.51. The van der Waals surface area contributed by atoms with Crippen LogP contribution in [0.3, 0.4) is 0 Å². The minimum atomic E-state index is -1.10. The van der Waals surface area contributed by atoms with Crippen molar-refractivity contribution < 1.29 is 33.4 Å². The van der Waals surface area contributed by atoms with Crippen LogP contribution in [0, 0.1) is 11.7 Å². The fraction of sp³-hybridized carbons (Fsp3) is 0.360. The van der Waals surface area contributed by atoms with Gasteiger partial charge in [0.15, 0.2) is 17.5 Å². The van der Waals surface area contributed by atoms with Crippen molar-refractivity contribution in [2.45, 2.75) is 25.3 Å². The molecule has 37 heavy (non-hydrogen) atoms. The maximum Gasteiger partial charge on any atom is 0.305 e. The lowest BCUT2D eigenvalue weighted by Crippen LogP contribution is -2.36. The molecule has 1 saturated heterocycles. The number of fused-ring (bicyclic) bond motifs is 1. The number of amides is 2. The zero-order chi connectivity index (χ0) is 25.9. The van der Waals surface area contributed by atoms with Gasteiger partial charge in [0.1, 0.15) is 5.82 Å². The van der Waals surface area contributed by atoms with Gasteiger partial charge in [-0.25, -0.2) is 4.39 Å². The van der Waals surface area contributed by atoms with Crippen LogP contribution >= 0.6 is 0 Å². The Balaban J connectivity index is 1.29. The molecule has 11 nitrogen and oxygen atoms in total. The normalized spacial score (nSPS) is 19.2. The van der Waals surface area contributed by atoms with Crippen molar-refractivity contribution in [2.75, 3.05) is 36.6 Å². The largest absolute Gasteiger partial charge is 0.481 e. The maximum absolute atomic E-state index is 14.7. The number of guanidine groups is 1. The molecule has 0 aliphatic carbocycles. The number of carbonyl (C=O) groups is 3. The van der Waals surface area contributed by atoms with Gasteiger partial charge in [0.05, 0.1) is 24.1 Å². The van der Waals surface area contributed by atoms with Gasteiger partial charge >= 0.3 is 5.97 Å². The fourth-order valence-electron chi connectivity index (χ4n) is 4.51. The topological polar surface area (TPSA) is 142 Å². The zero-order valence-corrected chi connectivity index (χ0v) is 19.8. The average molecular weight is 512 g/mol. The number of hydrogen-bond donors (Lipinski definition) is 4. The number of hydrogen-bond acceptors (Lipinski definition) is 8. The summed E-state index contributed by atoms with van der Waals surface area (Å²) in [5.74, 6) is -1.80. The summed E-state index contributed by atoms with van der Waals surface area (Å²) in [6.07, 6.45) is 0.432. The fourth-order valence-corrected chi connectivity index (χ4v) is 4.51.